The predicted octanol–water partition coefficient (Wildman–Crippen LogP) is -0.944. The van der Waals surface area contributed by atoms with Crippen LogP contribution in [0.15, 0.2) is 0 Å². The van der Waals surface area contributed by atoms with Crippen LogP contribution in [0.4, 0.5) is 8.78 Å². The van der Waals surface area contributed by atoms with Gasteiger partial charge in [0.05, 0.1) is 31.9 Å². The fourth-order valence-corrected chi connectivity index (χ4v) is 1.07. The molecule has 0 spiro atoms. The van der Waals surface area contributed by atoms with Gasteiger partial charge in [0, 0.05) is 0 Å². The molecule has 1 rings (SSSR count). The predicted molar refractivity (Wildman–Crippen MR) is 41.2 cm³/mol. The van der Waals surface area contributed by atoms with Gasteiger partial charge in [-0.05, 0) is 0 Å². The first kappa shape index (κ1) is 11.3. The number of nitrogens with one attached hydrogen (secondary N) is 1. The second kappa shape index (κ2) is 4.16. The number of hydrogen-bond donors (Lipinski definition) is 3. The Kier molecular flexibility index (Phi) is 3.35. The molecule has 0 aromatic carbocycles. The number of halogens is 2. The summed E-state index contributed by atoms with van der Waals surface area (Å²) in [6, 6.07) is -0.625. The highest BCUT2D eigenvalue weighted by Gasteiger charge is 2.40. The summed E-state index contributed by atoms with van der Waals surface area (Å²) in [5.41, 5.74) is 0. The van der Waals surface area contributed by atoms with Crippen molar-refractivity contribution in [3.05, 3.63) is 0 Å². The molecule has 1 saturated heterocycles. The van der Waals surface area contributed by atoms with Gasteiger partial charge in [-0.1, -0.05) is 0 Å². The highest BCUT2D eigenvalue weighted by molar-refractivity contribution is 5.75. The Morgan fingerprint density at radius 1 is 1.57 bits per heavy atom. The monoisotopic (exact) mass is 211 g/mol. The molecule has 3 N–H and O–H groups in total. The maximum atomic E-state index is 12.5. The van der Waals surface area contributed by atoms with Gasteiger partial charge in [0.15, 0.2) is 0 Å². The Labute approximate surface area is 78.7 Å². The van der Waals surface area contributed by atoms with E-state index in [0.29, 0.717) is 0 Å². The summed E-state index contributed by atoms with van der Waals surface area (Å²) in [4.78, 5) is 10.0. The summed E-state index contributed by atoms with van der Waals surface area (Å²) in [7, 11) is 0. The van der Waals surface area contributed by atoms with Crippen LogP contribution in [-0.4, -0.2) is 54.0 Å². The summed E-state index contributed by atoms with van der Waals surface area (Å²) >= 11 is 0. The molecule has 82 valence electrons. The van der Waals surface area contributed by atoms with E-state index in [9.17, 15) is 13.6 Å². The Hall–Kier alpha value is -0.790. The largest absolute Gasteiger partial charge is 0.477 e. The highest BCUT2D eigenvalue weighted by Crippen LogP contribution is 2.13. The summed E-state index contributed by atoms with van der Waals surface area (Å²) in [6.45, 7) is -0.819. The molecule has 0 saturated carbocycles. The standard InChI is InChI=1S/C7H11F2NO4/c8-7(9,6(12)13)3-10-4-1-14-2-5(4)11/h4-5,10-11H,1-3H2,(H,12,13)/t4-,5-/m1/s1. The van der Waals surface area contributed by atoms with Crippen LogP contribution in [0.2, 0.25) is 0 Å². The number of aliphatic carboxylic acids is 1. The van der Waals surface area contributed by atoms with Gasteiger partial charge in [0.2, 0.25) is 0 Å². The second-order valence-electron chi connectivity index (χ2n) is 3.10. The van der Waals surface area contributed by atoms with Gasteiger partial charge in [0.1, 0.15) is 0 Å². The molecule has 0 unspecified atom stereocenters. The molecular formula is C7H11F2NO4. The van der Waals surface area contributed by atoms with Gasteiger partial charge in [-0.2, -0.15) is 8.78 Å². The zero-order valence-corrected chi connectivity index (χ0v) is 7.24. The second-order valence-corrected chi connectivity index (χ2v) is 3.10. The van der Waals surface area contributed by atoms with Crippen molar-refractivity contribution in [2.45, 2.75) is 18.1 Å². The van der Waals surface area contributed by atoms with Crippen LogP contribution in [-0.2, 0) is 9.53 Å². The average Bonchev–Trinajstić information content (AvgIpc) is 2.47. The van der Waals surface area contributed by atoms with Crippen molar-refractivity contribution in [3.8, 4) is 0 Å². The van der Waals surface area contributed by atoms with Crippen LogP contribution >= 0.6 is 0 Å². The molecule has 1 fully saturated rings. The topological polar surface area (TPSA) is 78.8 Å². The zero-order valence-electron chi connectivity index (χ0n) is 7.24. The third-order valence-electron chi connectivity index (χ3n) is 1.95. The van der Waals surface area contributed by atoms with Crippen molar-refractivity contribution in [1.29, 1.82) is 0 Å². The lowest BCUT2D eigenvalue weighted by Gasteiger charge is -2.17. The number of alkyl halides is 2. The maximum Gasteiger partial charge on any atom is 0.375 e. The number of carbonyl (C=O) groups is 1. The quantitative estimate of drug-likeness (QED) is 0.559. The molecule has 1 aliphatic rings. The van der Waals surface area contributed by atoms with Gasteiger partial charge in [-0.3, -0.25) is 0 Å². The minimum absolute atomic E-state index is 0.0797. The molecule has 0 bridgehead atoms. The summed E-state index contributed by atoms with van der Waals surface area (Å²) in [5.74, 6) is -6.00. The number of ether oxygens (including phenoxy) is 1. The van der Waals surface area contributed by atoms with E-state index in [1.807, 2.05) is 0 Å². The van der Waals surface area contributed by atoms with E-state index in [1.165, 1.54) is 0 Å². The van der Waals surface area contributed by atoms with E-state index >= 15 is 0 Å². The van der Waals surface area contributed by atoms with E-state index in [0.717, 1.165) is 0 Å². The van der Waals surface area contributed by atoms with Crippen molar-refractivity contribution in [2.75, 3.05) is 19.8 Å². The maximum absolute atomic E-state index is 12.5. The van der Waals surface area contributed by atoms with Crippen molar-refractivity contribution in [3.63, 3.8) is 0 Å². The van der Waals surface area contributed by atoms with Gasteiger partial charge in [-0.15, -0.1) is 0 Å². The molecule has 0 radical (unpaired) electrons. The SMILES string of the molecule is O=C(O)C(F)(F)CN[C@@H]1COC[C@H]1O. The van der Waals surface area contributed by atoms with Gasteiger partial charge in [-0.25, -0.2) is 4.79 Å². The molecule has 1 aliphatic heterocycles. The molecule has 0 aromatic heterocycles. The third kappa shape index (κ3) is 2.60. The van der Waals surface area contributed by atoms with Crippen LogP contribution in [0.25, 0.3) is 0 Å². The molecule has 0 amide bonds. The fourth-order valence-electron chi connectivity index (χ4n) is 1.07. The number of hydrogen-bond acceptors (Lipinski definition) is 4. The van der Waals surface area contributed by atoms with E-state index < -0.39 is 30.6 Å². The van der Waals surface area contributed by atoms with Gasteiger partial charge >= 0.3 is 11.9 Å². The first-order valence-corrected chi connectivity index (χ1v) is 4.04. The molecule has 0 aromatic rings. The summed E-state index contributed by atoms with van der Waals surface area (Å²) in [6.07, 6.45) is -0.861. The highest BCUT2D eigenvalue weighted by atomic mass is 19.3. The lowest BCUT2D eigenvalue weighted by atomic mass is 10.2. The molecule has 5 nitrogen and oxygen atoms in total. The van der Waals surface area contributed by atoms with E-state index in [-0.39, 0.29) is 13.2 Å². The molecule has 1 heterocycles. The smallest absolute Gasteiger partial charge is 0.375 e. The molecule has 7 heteroatoms. The lowest BCUT2D eigenvalue weighted by molar-refractivity contribution is -0.164. The van der Waals surface area contributed by atoms with Crippen LogP contribution < -0.4 is 5.32 Å². The number of carboxylic acid groups (broad SMARTS) is 1. The number of carboxylic acids is 1. The van der Waals surface area contributed by atoms with Crippen molar-refractivity contribution < 1.29 is 28.5 Å². The first-order chi connectivity index (χ1) is 6.43. The number of aliphatic hydroxyl groups is 1. The number of aliphatic hydroxyl groups excluding tert-OH is 1. The van der Waals surface area contributed by atoms with Crippen LogP contribution in [0.5, 0.6) is 0 Å². The zero-order chi connectivity index (χ0) is 10.8. The normalized spacial score (nSPS) is 27.9. The minimum Gasteiger partial charge on any atom is -0.477 e. The fraction of sp³-hybridized carbons (Fsp3) is 0.857. The summed E-state index contributed by atoms with van der Waals surface area (Å²) in [5, 5.41) is 19.5. The van der Waals surface area contributed by atoms with Gasteiger partial charge < -0.3 is 20.3 Å². The van der Waals surface area contributed by atoms with Crippen LogP contribution in [0, 0.1) is 0 Å². The third-order valence-corrected chi connectivity index (χ3v) is 1.95. The molecular weight excluding hydrogens is 200 g/mol. The molecule has 14 heavy (non-hydrogen) atoms. The lowest BCUT2D eigenvalue weighted by Crippen LogP contribution is -2.47. The first-order valence-electron chi connectivity index (χ1n) is 4.04. The Bertz CT molecular complexity index is 224. The van der Waals surface area contributed by atoms with Crippen LogP contribution in [0.1, 0.15) is 0 Å². The Balaban J connectivity index is 2.36. The van der Waals surface area contributed by atoms with E-state index in [1.54, 1.807) is 0 Å². The van der Waals surface area contributed by atoms with E-state index in [4.69, 9.17) is 14.9 Å². The minimum atomic E-state index is -3.82. The van der Waals surface area contributed by atoms with Crippen molar-refractivity contribution >= 4 is 5.97 Å². The Morgan fingerprint density at radius 2 is 2.21 bits per heavy atom. The molecule has 0 aliphatic carbocycles. The van der Waals surface area contributed by atoms with E-state index in [2.05, 4.69) is 5.32 Å². The molecule has 2 atom stereocenters. The Morgan fingerprint density at radius 3 is 2.64 bits per heavy atom. The summed E-state index contributed by atoms with van der Waals surface area (Å²) < 4.78 is 29.9. The van der Waals surface area contributed by atoms with Crippen molar-refractivity contribution in [2.24, 2.45) is 0 Å². The van der Waals surface area contributed by atoms with Crippen molar-refractivity contribution in [1.82, 2.24) is 5.32 Å². The van der Waals surface area contributed by atoms with Gasteiger partial charge in [0.25, 0.3) is 0 Å². The number of rotatable bonds is 4. The van der Waals surface area contributed by atoms with Crippen LogP contribution in [0.3, 0.4) is 0 Å². The average molecular weight is 211 g/mol.